The van der Waals surface area contributed by atoms with E-state index in [0.717, 1.165) is 12.8 Å². The lowest BCUT2D eigenvalue weighted by Crippen LogP contribution is -2.63. The number of aliphatic hydroxyl groups is 1. The number of hydrogen-bond donors (Lipinski definition) is 2. The fourth-order valence-electron chi connectivity index (χ4n) is 2.29. The van der Waals surface area contributed by atoms with Gasteiger partial charge in [-0.2, -0.15) is 0 Å². The molecule has 0 atom stereocenters. The molecule has 1 fully saturated rings. The summed E-state index contributed by atoms with van der Waals surface area (Å²) in [5.41, 5.74) is 5.87. The minimum atomic E-state index is -0.706. The van der Waals surface area contributed by atoms with Crippen LogP contribution in [0.5, 0.6) is 0 Å². The minimum absolute atomic E-state index is 0.112. The van der Waals surface area contributed by atoms with Gasteiger partial charge in [-0.05, 0) is 24.6 Å². The number of carbonyl (C=O) groups excluding carboxylic acids is 1. The molecule has 0 unspecified atom stereocenters. The predicted octanol–water partition coefficient (Wildman–Crippen LogP) is 1.91. The Morgan fingerprint density at radius 2 is 2.22 bits per heavy atom. The lowest BCUT2D eigenvalue weighted by molar-refractivity contribution is -0.0860. The fraction of sp³-hybridized carbons (Fsp3) is 0.462. The third kappa shape index (κ3) is 2.44. The van der Waals surface area contributed by atoms with Crippen molar-refractivity contribution in [3.8, 4) is 0 Å². The lowest BCUT2D eigenvalue weighted by atomic mass is 9.89. The summed E-state index contributed by atoms with van der Waals surface area (Å²) in [6, 6.07) is 4.84. The number of likely N-dealkylation sites (tertiary alicyclic amines) is 1. The number of nitrogen functional groups attached to an aromatic ring is 1. The number of amides is 1. The molecule has 3 N–H and O–H groups in total. The molecule has 0 radical (unpaired) electrons. The van der Waals surface area contributed by atoms with E-state index in [1.807, 2.05) is 6.92 Å². The van der Waals surface area contributed by atoms with Gasteiger partial charge in [-0.3, -0.25) is 4.79 Å². The van der Waals surface area contributed by atoms with Crippen LogP contribution in [-0.2, 0) is 0 Å². The van der Waals surface area contributed by atoms with Crippen molar-refractivity contribution in [2.75, 3.05) is 18.8 Å². The first-order valence-corrected chi connectivity index (χ1v) is 6.40. The van der Waals surface area contributed by atoms with Crippen molar-refractivity contribution >= 4 is 23.2 Å². The summed E-state index contributed by atoms with van der Waals surface area (Å²) in [4.78, 5) is 13.7. The first kappa shape index (κ1) is 13.2. The molecule has 0 bridgehead atoms. The molecule has 0 aliphatic carbocycles. The van der Waals surface area contributed by atoms with Crippen LogP contribution >= 0.6 is 11.6 Å². The molecule has 0 saturated carbocycles. The topological polar surface area (TPSA) is 66.6 Å². The Morgan fingerprint density at radius 3 is 2.78 bits per heavy atom. The van der Waals surface area contributed by atoms with Crippen LogP contribution < -0.4 is 5.73 Å². The van der Waals surface area contributed by atoms with E-state index in [-0.39, 0.29) is 5.91 Å². The van der Waals surface area contributed by atoms with Gasteiger partial charge in [0.05, 0.1) is 29.4 Å². The standard InChI is InChI=1S/C13H17ClN2O2/c1-2-5-13(18)7-16(8-13)12(17)9-3-4-10(14)11(15)6-9/h3-4,6,18H,2,5,7-8,15H2,1H3. The molecule has 1 saturated heterocycles. The van der Waals surface area contributed by atoms with Crippen LogP contribution in [0.1, 0.15) is 30.1 Å². The van der Waals surface area contributed by atoms with Crippen molar-refractivity contribution < 1.29 is 9.90 Å². The highest BCUT2D eigenvalue weighted by Crippen LogP contribution is 2.28. The molecule has 1 aliphatic heterocycles. The van der Waals surface area contributed by atoms with Crippen LogP contribution in [0.2, 0.25) is 5.02 Å². The third-order valence-corrected chi connectivity index (χ3v) is 3.56. The molecule has 5 heteroatoms. The van der Waals surface area contributed by atoms with Gasteiger partial charge in [0, 0.05) is 5.56 Å². The van der Waals surface area contributed by atoms with Crippen molar-refractivity contribution in [1.82, 2.24) is 4.90 Å². The second kappa shape index (κ2) is 4.78. The Bertz CT molecular complexity index is 470. The third-order valence-electron chi connectivity index (χ3n) is 3.22. The number of rotatable bonds is 3. The van der Waals surface area contributed by atoms with Gasteiger partial charge in [0.1, 0.15) is 0 Å². The lowest BCUT2D eigenvalue weighted by Gasteiger charge is -2.46. The van der Waals surface area contributed by atoms with E-state index in [2.05, 4.69) is 0 Å². The van der Waals surface area contributed by atoms with Crippen LogP contribution in [0.3, 0.4) is 0 Å². The van der Waals surface area contributed by atoms with E-state index in [9.17, 15) is 9.90 Å². The maximum atomic E-state index is 12.1. The molecule has 1 aliphatic rings. The Balaban J connectivity index is 2.03. The maximum Gasteiger partial charge on any atom is 0.254 e. The maximum absolute atomic E-state index is 12.1. The van der Waals surface area contributed by atoms with E-state index in [1.54, 1.807) is 23.1 Å². The zero-order valence-corrected chi connectivity index (χ0v) is 11.1. The van der Waals surface area contributed by atoms with Gasteiger partial charge < -0.3 is 15.7 Å². The van der Waals surface area contributed by atoms with E-state index in [4.69, 9.17) is 17.3 Å². The van der Waals surface area contributed by atoms with Gasteiger partial charge in [-0.1, -0.05) is 24.9 Å². The molecular weight excluding hydrogens is 252 g/mol. The summed E-state index contributed by atoms with van der Waals surface area (Å²) >= 11 is 5.81. The van der Waals surface area contributed by atoms with E-state index < -0.39 is 5.60 Å². The number of benzene rings is 1. The summed E-state index contributed by atoms with van der Waals surface area (Å²) in [7, 11) is 0. The molecule has 1 amide bonds. The normalized spacial score (nSPS) is 17.4. The molecule has 18 heavy (non-hydrogen) atoms. The molecule has 98 valence electrons. The van der Waals surface area contributed by atoms with Crippen LogP contribution in [-0.4, -0.2) is 34.6 Å². The van der Waals surface area contributed by atoms with Crippen LogP contribution in [0.4, 0.5) is 5.69 Å². The van der Waals surface area contributed by atoms with Crippen molar-refractivity contribution in [2.24, 2.45) is 0 Å². The monoisotopic (exact) mass is 268 g/mol. The number of nitrogens with two attached hydrogens (primary N) is 1. The highest BCUT2D eigenvalue weighted by Gasteiger charge is 2.42. The Kier molecular flexibility index (Phi) is 3.50. The number of nitrogens with zero attached hydrogens (tertiary/aromatic N) is 1. The minimum Gasteiger partial charge on any atom is -0.398 e. The molecule has 1 aromatic carbocycles. The first-order chi connectivity index (χ1) is 8.45. The average Bonchev–Trinajstić information content (AvgIpc) is 2.29. The zero-order valence-electron chi connectivity index (χ0n) is 10.3. The number of carbonyl (C=O) groups is 1. The van der Waals surface area contributed by atoms with Gasteiger partial charge in [-0.25, -0.2) is 0 Å². The second-order valence-corrected chi connectivity index (χ2v) is 5.28. The Labute approximate surface area is 111 Å². The summed E-state index contributed by atoms with van der Waals surface area (Å²) in [5.74, 6) is -0.112. The van der Waals surface area contributed by atoms with E-state index in [1.165, 1.54) is 0 Å². The Morgan fingerprint density at radius 1 is 1.56 bits per heavy atom. The second-order valence-electron chi connectivity index (χ2n) is 4.87. The van der Waals surface area contributed by atoms with Crippen molar-refractivity contribution in [1.29, 1.82) is 0 Å². The number of hydrogen-bond acceptors (Lipinski definition) is 3. The molecule has 1 heterocycles. The zero-order chi connectivity index (χ0) is 13.3. The molecular formula is C13H17ClN2O2. The van der Waals surface area contributed by atoms with E-state index >= 15 is 0 Å². The highest BCUT2D eigenvalue weighted by molar-refractivity contribution is 6.33. The molecule has 0 aromatic heterocycles. The quantitative estimate of drug-likeness (QED) is 0.823. The SMILES string of the molecule is CCCC1(O)CN(C(=O)c2ccc(Cl)c(N)c2)C1. The Hall–Kier alpha value is -1.26. The summed E-state index contributed by atoms with van der Waals surface area (Å²) in [6.07, 6.45) is 1.63. The van der Waals surface area contributed by atoms with Crippen molar-refractivity contribution in [2.45, 2.75) is 25.4 Å². The van der Waals surface area contributed by atoms with Crippen LogP contribution in [0.15, 0.2) is 18.2 Å². The van der Waals surface area contributed by atoms with Gasteiger partial charge in [-0.15, -0.1) is 0 Å². The van der Waals surface area contributed by atoms with Gasteiger partial charge in [0.25, 0.3) is 5.91 Å². The first-order valence-electron chi connectivity index (χ1n) is 6.02. The average molecular weight is 269 g/mol. The molecule has 0 spiro atoms. The predicted molar refractivity (Wildman–Crippen MR) is 71.6 cm³/mol. The van der Waals surface area contributed by atoms with Gasteiger partial charge >= 0.3 is 0 Å². The fourth-order valence-corrected chi connectivity index (χ4v) is 2.41. The number of halogens is 1. The summed E-state index contributed by atoms with van der Waals surface area (Å²) < 4.78 is 0. The molecule has 4 nitrogen and oxygen atoms in total. The van der Waals surface area contributed by atoms with Gasteiger partial charge in [0.15, 0.2) is 0 Å². The molecule has 2 rings (SSSR count). The number of β-amino-alcohol motifs (C(OH)–C–C–N with tert-alkyl or cyclic N) is 1. The summed E-state index contributed by atoms with van der Waals surface area (Å²) in [5, 5.41) is 10.5. The van der Waals surface area contributed by atoms with Crippen molar-refractivity contribution in [3.05, 3.63) is 28.8 Å². The van der Waals surface area contributed by atoms with Gasteiger partial charge in [0.2, 0.25) is 0 Å². The highest BCUT2D eigenvalue weighted by atomic mass is 35.5. The molecule has 1 aromatic rings. The summed E-state index contributed by atoms with van der Waals surface area (Å²) in [6.45, 7) is 2.80. The van der Waals surface area contributed by atoms with Crippen LogP contribution in [0.25, 0.3) is 0 Å². The number of anilines is 1. The largest absolute Gasteiger partial charge is 0.398 e. The van der Waals surface area contributed by atoms with Crippen LogP contribution in [0, 0.1) is 0 Å². The van der Waals surface area contributed by atoms with Crippen molar-refractivity contribution in [3.63, 3.8) is 0 Å². The van der Waals surface area contributed by atoms with E-state index in [0.29, 0.717) is 29.4 Å². The smallest absolute Gasteiger partial charge is 0.254 e.